The van der Waals surface area contributed by atoms with Gasteiger partial charge in [-0.25, -0.2) is 0 Å². The van der Waals surface area contributed by atoms with Crippen molar-refractivity contribution in [3.63, 3.8) is 0 Å². The molecule has 0 aromatic heterocycles. The van der Waals surface area contributed by atoms with Crippen molar-refractivity contribution in [1.29, 1.82) is 5.26 Å². The number of Topliss-reactive ketones (excluding diaryl/α,β-unsaturated/α-hetero) is 1. The van der Waals surface area contributed by atoms with Gasteiger partial charge in [0.2, 0.25) is 0 Å². The third-order valence-electron chi connectivity index (χ3n) is 4.24. The van der Waals surface area contributed by atoms with E-state index in [4.69, 9.17) is 10.00 Å². The van der Waals surface area contributed by atoms with Crippen LogP contribution in [0.3, 0.4) is 0 Å². The average Bonchev–Trinajstić information content (AvgIpc) is 2.70. The van der Waals surface area contributed by atoms with Crippen LogP contribution in [0, 0.1) is 11.3 Å². The summed E-state index contributed by atoms with van der Waals surface area (Å²) < 4.78 is 5.60. The first-order valence-corrected chi connectivity index (χ1v) is 8.99. The molecule has 0 fully saturated rings. The van der Waals surface area contributed by atoms with Crippen molar-refractivity contribution in [2.75, 3.05) is 6.61 Å². The Bertz CT molecular complexity index is 818. The third-order valence-corrected chi connectivity index (χ3v) is 4.24. The fourth-order valence-electron chi connectivity index (χ4n) is 2.61. The molecule has 0 aliphatic heterocycles. The lowest BCUT2D eigenvalue weighted by atomic mass is 10.1. The Morgan fingerprint density at radius 3 is 2.22 bits per heavy atom. The highest BCUT2D eigenvalue weighted by Gasteiger charge is 2.18. The minimum Gasteiger partial charge on any atom is -0.484 e. The summed E-state index contributed by atoms with van der Waals surface area (Å²) in [7, 11) is 0. The number of benzene rings is 2. The molecule has 0 N–H and O–H groups in total. The minimum absolute atomic E-state index is 0.0151. The summed E-state index contributed by atoms with van der Waals surface area (Å²) in [6.07, 6.45) is 0.456. The molecule has 0 heterocycles. The zero-order chi connectivity index (χ0) is 19.8. The van der Waals surface area contributed by atoms with E-state index in [0.717, 1.165) is 5.56 Å². The SMILES string of the molecule is CCC(=O)c1ccc(OCC(=O)N(Cc2ccc(C#N)cc2)C(C)C)cc1. The number of hydrogen-bond acceptors (Lipinski definition) is 4. The Labute approximate surface area is 160 Å². The van der Waals surface area contributed by atoms with Gasteiger partial charge in [-0.1, -0.05) is 19.1 Å². The van der Waals surface area contributed by atoms with Gasteiger partial charge in [-0.2, -0.15) is 5.26 Å². The van der Waals surface area contributed by atoms with Gasteiger partial charge in [0, 0.05) is 24.6 Å². The number of rotatable bonds is 8. The standard InChI is InChI=1S/C22H24N2O3/c1-4-21(25)19-9-11-20(12-10-19)27-15-22(26)24(16(2)3)14-18-7-5-17(13-23)6-8-18/h5-12,16H,4,14-15H2,1-3H3. The molecular formula is C22H24N2O3. The molecule has 1 amide bonds. The molecule has 0 spiro atoms. The Hall–Kier alpha value is -3.13. The van der Waals surface area contributed by atoms with Gasteiger partial charge in [0.15, 0.2) is 12.4 Å². The van der Waals surface area contributed by atoms with Gasteiger partial charge in [-0.05, 0) is 55.8 Å². The number of nitriles is 1. The molecular weight excluding hydrogens is 340 g/mol. The van der Waals surface area contributed by atoms with Crippen molar-refractivity contribution >= 4 is 11.7 Å². The van der Waals surface area contributed by atoms with Gasteiger partial charge >= 0.3 is 0 Å². The molecule has 0 saturated heterocycles. The number of ketones is 1. The lowest BCUT2D eigenvalue weighted by Gasteiger charge is -2.27. The Morgan fingerprint density at radius 2 is 1.70 bits per heavy atom. The fourth-order valence-corrected chi connectivity index (χ4v) is 2.61. The summed E-state index contributed by atoms with van der Waals surface area (Å²) in [5.74, 6) is 0.507. The summed E-state index contributed by atoms with van der Waals surface area (Å²) in [5, 5.41) is 8.88. The number of carbonyl (C=O) groups is 2. The second kappa shape index (κ2) is 9.54. The van der Waals surface area contributed by atoms with Crippen molar-refractivity contribution in [3.05, 3.63) is 65.2 Å². The van der Waals surface area contributed by atoms with Crippen molar-refractivity contribution in [2.24, 2.45) is 0 Å². The molecule has 2 rings (SSSR count). The fraction of sp³-hybridized carbons (Fsp3) is 0.318. The van der Waals surface area contributed by atoms with Crippen molar-refractivity contribution in [3.8, 4) is 11.8 Å². The highest BCUT2D eigenvalue weighted by molar-refractivity contribution is 5.95. The number of amides is 1. The molecule has 2 aromatic carbocycles. The zero-order valence-electron chi connectivity index (χ0n) is 15.9. The Balaban J connectivity index is 1.98. The number of nitrogens with zero attached hydrogens (tertiary/aromatic N) is 2. The molecule has 5 nitrogen and oxygen atoms in total. The molecule has 27 heavy (non-hydrogen) atoms. The number of carbonyl (C=O) groups excluding carboxylic acids is 2. The second-order valence-electron chi connectivity index (χ2n) is 6.51. The summed E-state index contributed by atoms with van der Waals surface area (Å²) in [5.41, 5.74) is 2.19. The first kappa shape index (κ1) is 20.2. The second-order valence-corrected chi connectivity index (χ2v) is 6.51. The maximum absolute atomic E-state index is 12.6. The lowest BCUT2D eigenvalue weighted by molar-refractivity contribution is -0.135. The van der Waals surface area contributed by atoms with Crippen molar-refractivity contribution in [2.45, 2.75) is 39.8 Å². The molecule has 0 radical (unpaired) electrons. The van der Waals surface area contributed by atoms with E-state index in [9.17, 15) is 9.59 Å². The maximum Gasteiger partial charge on any atom is 0.261 e. The van der Waals surface area contributed by atoms with E-state index < -0.39 is 0 Å². The van der Waals surface area contributed by atoms with Gasteiger partial charge in [0.1, 0.15) is 5.75 Å². The molecule has 0 aliphatic rings. The van der Waals surface area contributed by atoms with Crippen LogP contribution in [0.15, 0.2) is 48.5 Å². The summed E-state index contributed by atoms with van der Waals surface area (Å²) in [6, 6.07) is 16.1. The largest absolute Gasteiger partial charge is 0.484 e. The first-order chi connectivity index (χ1) is 12.9. The summed E-state index contributed by atoms with van der Waals surface area (Å²) >= 11 is 0. The van der Waals surface area contributed by atoms with Gasteiger partial charge in [0.05, 0.1) is 11.6 Å². The number of ether oxygens (including phenoxy) is 1. The third kappa shape index (κ3) is 5.68. The van der Waals surface area contributed by atoms with Crippen molar-refractivity contribution in [1.82, 2.24) is 4.90 Å². The van der Waals surface area contributed by atoms with E-state index in [2.05, 4.69) is 6.07 Å². The molecule has 0 saturated carbocycles. The summed E-state index contributed by atoms with van der Waals surface area (Å²) in [6.45, 7) is 6.10. The van der Waals surface area contributed by atoms with Crippen LogP contribution in [-0.2, 0) is 11.3 Å². The van der Waals surface area contributed by atoms with Crippen LogP contribution < -0.4 is 4.74 Å². The van der Waals surface area contributed by atoms with E-state index in [1.807, 2.05) is 32.9 Å². The smallest absolute Gasteiger partial charge is 0.261 e. The molecule has 5 heteroatoms. The quantitative estimate of drug-likeness (QED) is 0.665. The van der Waals surface area contributed by atoms with Gasteiger partial charge < -0.3 is 9.64 Å². The molecule has 140 valence electrons. The van der Waals surface area contributed by atoms with Crippen LogP contribution in [0.25, 0.3) is 0 Å². The average molecular weight is 364 g/mol. The lowest BCUT2D eigenvalue weighted by Crippen LogP contribution is -2.39. The van der Waals surface area contributed by atoms with E-state index in [-0.39, 0.29) is 24.3 Å². The normalized spacial score (nSPS) is 10.3. The Kier molecular flexibility index (Phi) is 7.13. The van der Waals surface area contributed by atoms with Gasteiger partial charge in [0.25, 0.3) is 5.91 Å². The van der Waals surface area contributed by atoms with Gasteiger partial charge in [-0.3, -0.25) is 9.59 Å². The summed E-state index contributed by atoms with van der Waals surface area (Å²) in [4.78, 5) is 26.0. The molecule has 0 unspecified atom stereocenters. The first-order valence-electron chi connectivity index (χ1n) is 8.99. The molecule has 0 bridgehead atoms. The highest BCUT2D eigenvalue weighted by atomic mass is 16.5. The van der Waals surface area contributed by atoms with E-state index in [0.29, 0.717) is 29.8 Å². The van der Waals surface area contributed by atoms with Crippen LogP contribution >= 0.6 is 0 Å². The van der Waals surface area contributed by atoms with E-state index in [1.54, 1.807) is 41.3 Å². The molecule has 0 atom stereocenters. The van der Waals surface area contributed by atoms with Crippen LogP contribution in [0.1, 0.15) is 48.7 Å². The molecule has 0 aliphatic carbocycles. The van der Waals surface area contributed by atoms with Crippen molar-refractivity contribution < 1.29 is 14.3 Å². The van der Waals surface area contributed by atoms with E-state index in [1.165, 1.54) is 0 Å². The van der Waals surface area contributed by atoms with E-state index >= 15 is 0 Å². The highest BCUT2D eigenvalue weighted by Crippen LogP contribution is 2.15. The topological polar surface area (TPSA) is 70.4 Å². The van der Waals surface area contributed by atoms with Crippen LogP contribution in [0.5, 0.6) is 5.75 Å². The molecule has 2 aromatic rings. The van der Waals surface area contributed by atoms with Gasteiger partial charge in [-0.15, -0.1) is 0 Å². The zero-order valence-corrected chi connectivity index (χ0v) is 15.9. The predicted octanol–water partition coefficient (Wildman–Crippen LogP) is 3.97. The van der Waals surface area contributed by atoms with Crippen LogP contribution in [0.4, 0.5) is 0 Å². The minimum atomic E-state index is -0.122. The number of hydrogen-bond donors (Lipinski definition) is 0. The Morgan fingerprint density at radius 1 is 1.07 bits per heavy atom. The monoisotopic (exact) mass is 364 g/mol. The predicted molar refractivity (Wildman–Crippen MR) is 103 cm³/mol. The maximum atomic E-state index is 12.6. The van der Waals surface area contributed by atoms with Crippen LogP contribution in [-0.4, -0.2) is 29.2 Å². The van der Waals surface area contributed by atoms with Crippen LogP contribution in [0.2, 0.25) is 0 Å².